The molecule has 0 unspecified atom stereocenters. The second-order valence-corrected chi connectivity index (χ2v) is 3.66. The molecule has 0 fully saturated rings. The summed E-state index contributed by atoms with van der Waals surface area (Å²) in [5, 5.41) is 0. The second kappa shape index (κ2) is 4.75. The van der Waals surface area contributed by atoms with Crippen LogP contribution in [0.4, 0.5) is 30.7 Å². The van der Waals surface area contributed by atoms with Gasteiger partial charge in [0.2, 0.25) is 0 Å². The summed E-state index contributed by atoms with van der Waals surface area (Å²) in [6, 6.07) is -0.104. The Morgan fingerprint density at radius 1 is 1.06 bits per heavy atom. The van der Waals surface area contributed by atoms with Crippen LogP contribution >= 0.6 is 0 Å². The molecule has 0 aliphatic carbocycles. The molecule has 1 aromatic rings. The van der Waals surface area contributed by atoms with Crippen molar-refractivity contribution in [3.05, 3.63) is 35.1 Å². The number of halogens is 7. The van der Waals surface area contributed by atoms with Crippen LogP contribution in [-0.2, 0) is 6.18 Å². The molecule has 0 spiro atoms. The molecule has 18 heavy (non-hydrogen) atoms. The molecule has 1 aromatic carbocycles. The topological polar surface area (TPSA) is 26.0 Å². The van der Waals surface area contributed by atoms with Gasteiger partial charge >= 0.3 is 12.4 Å². The first kappa shape index (κ1) is 14.7. The molecule has 0 radical (unpaired) electrons. The van der Waals surface area contributed by atoms with Gasteiger partial charge in [0.05, 0.1) is 12.0 Å². The third-order valence-electron chi connectivity index (χ3n) is 2.18. The van der Waals surface area contributed by atoms with Gasteiger partial charge in [-0.05, 0) is 17.7 Å². The Hall–Kier alpha value is -1.31. The SMILES string of the molecule is N[C@@H](CC(F)(F)F)c1ccc(F)c(C(F)(F)F)c1. The van der Waals surface area contributed by atoms with Crippen molar-refractivity contribution < 1.29 is 30.7 Å². The molecule has 0 amide bonds. The van der Waals surface area contributed by atoms with E-state index in [0.29, 0.717) is 12.1 Å². The second-order valence-electron chi connectivity index (χ2n) is 3.66. The predicted octanol–water partition coefficient (Wildman–Crippen LogP) is 3.80. The van der Waals surface area contributed by atoms with Gasteiger partial charge < -0.3 is 5.73 Å². The van der Waals surface area contributed by atoms with Crippen LogP contribution in [0.3, 0.4) is 0 Å². The van der Waals surface area contributed by atoms with Crippen molar-refractivity contribution in [2.45, 2.75) is 24.8 Å². The average molecular weight is 275 g/mol. The van der Waals surface area contributed by atoms with Gasteiger partial charge in [-0.3, -0.25) is 0 Å². The molecule has 0 saturated heterocycles. The van der Waals surface area contributed by atoms with E-state index in [-0.39, 0.29) is 0 Å². The zero-order chi connectivity index (χ0) is 14.1. The first-order valence-electron chi connectivity index (χ1n) is 4.69. The minimum Gasteiger partial charge on any atom is -0.324 e. The quantitative estimate of drug-likeness (QED) is 0.816. The van der Waals surface area contributed by atoms with Gasteiger partial charge in [0.15, 0.2) is 0 Å². The Kier molecular flexibility index (Phi) is 3.89. The fourth-order valence-corrected chi connectivity index (χ4v) is 1.36. The fourth-order valence-electron chi connectivity index (χ4n) is 1.36. The summed E-state index contributed by atoms with van der Waals surface area (Å²) >= 11 is 0. The van der Waals surface area contributed by atoms with Gasteiger partial charge in [-0.25, -0.2) is 4.39 Å². The molecule has 0 saturated carbocycles. The van der Waals surface area contributed by atoms with Crippen LogP contribution in [0.2, 0.25) is 0 Å². The lowest BCUT2D eigenvalue weighted by Crippen LogP contribution is -2.21. The van der Waals surface area contributed by atoms with Crippen molar-refractivity contribution in [2.75, 3.05) is 0 Å². The Balaban J connectivity index is 3.06. The van der Waals surface area contributed by atoms with Gasteiger partial charge in [-0.15, -0.1) is 0 Å². The molecule has 1 nitrogen and oxygen atoms in total. The lowest BCUT2D eigenvalue weighted by molar-refractivity contribution is -0.140. The van der Waals surface area contributed by atoms with Crippen molar-refractivity contribution in [2.24, 2.45) is 5.73 Å². The minimum atomic E-state index is -4.97. The zero-order valence-electron chi connectivity index (χ0n) is 8.74. The molecular formula is C10H8F7N. The normalized spacial score (nSPS) is 14.7. The highest BCUT2D eigenvalue weighted by Crippen LogP contribution is 2.34. The van der Waals surface area contributed by atoms with Gasteiger partial charge in [-0.1, -0.05) is 6.07 Å². The van der Waals surface area contributed by atoms with Gasteiger partial charge in [0.25, 0.3) is 0 Å². The molecule has 8 heteroatoms. The Morgan fingerprint density at radius 2 is 1.61 bits per heavy atom. The highest BCUT2D eigenvalue weighted by atomic mass is 19.4. The van der Waals surface area contributed by atoms with Crippen LogP contribution < -0.4 is 5.73 Å². The standard InChI is InChI=1S/C10H8F7N/c11-7-2-1-5(3-6(7)10(15,16)17)8(18)4-9(12,13)14/h1-3,8H,4,18H2/t8-/m0/s1. The van der Waals surface area contributed by atoms with Crippen LogP contribution in [-0.4, -0.2) is 6.18 Å². The van der Waals surface area contributed by atoms with Crippen molar-refractivity contribution in [3.8, 4) is 0 Å². The first-order valence-corrected chi connectivity index (χ1v) is 4.69. The van der Waals surface area contributed by atoms with Crippen LogP contribution in [0, 0.1) is 5.82 Å². The number of alkyl halides is 6. The summed E-state index contributed by atoms with van der Waals surface area (Å²) in [5.74, 6) is -1.55. The molecule has 1 atom stereocenters. The highest BCUT2D eigenvalue weighted by molar-refractivity contribution is 5.29. The van der Waals surface area contributed by atoms with E-state index in [1.807, 2.05) is 0 Å². The summed E-state index contributed by atoms with van der Waals surface area (Å²) < 4.78 is 86.0. The maximum absolute atomic E-state index is 12.9. The Bertz CT molecular complexity index is 421. The molecule has 0 heterocycles. The van der Waals surface area contributed by atoms with Crippen molar-refractivity contribution in [1.29, 1.82) is 0 Å². The summed E-state index contributed by atoms with van der Waals surface area (Å²) in [7, 11) is 0. The first-order chi connectivity index (χ1) is 8.00. The molecule has 0 aliphatic heterocycles. The number of hydrogen-bond acceptors (Lipinski definition) is 1. The summed E-state index contributed by atoms with van der Waals surface area (Å²) in [6.45, 7) is 0. The maximum atomic E-state index is 12.9. The summed E-state index contributed by atoms with van der Waals surface area (Å²) in [5.41, 5.74) is 3.09. The maximum Gasteiger partial charge on any atom is 0.419 e. The fraction of sp³-hybridized carbons (Fsp3) is 0.400. The minimum absolute atomic E-state index is 0.297. The number of rotatable bonds is 2. The molecule has 1 rings (SSSR count). The van der Waals surface area contributed by atoms with E-state index in [9.17, 15) is 30.7 Å². The monoisotopic (exact) mass is 275 g/mol. The number of nitrogens with two attached hydrogens (primary N) is 1. The van der Waals surface area contributed by atoms with Gasteiger partial charge in [0, 0.05) is 6.04 Å². The third-order valence-corrected chi connectivity index (χ3v) is 2.18. The van der Waals surface area contributed by atoms with Crippen molar-refractivity contribution in [1.82, 2.24) is 0 Å². The lowest BCUT2D eigenvalue weighted by atomic mass is 10.0. The van der Waals surface area contributed by atoms with Crippen LogP contribution in [0.15, 0.2) is 18.2 Å². The Labute approximate surface area is 97.4 Å². The molecule has 0 aliphatic rings. The van der Waals surface area contributed by atoms with E-state index in [0.717, 1.165) is 6.07 Å². The zero-order valence-corrected chi connectivity index (χ0v) is 8.74. The van der Waals surface area contributed by atoms with E-state index in [2.05, 4.69) is 0 Å². The van der Waals surface area contributed by atoms with E-state index >= 15 is 0 Å². The predicted molar refractivity (Wildman–Crippen MR) is 49.0 cm³/mol. The van der Waals surface area contributed by atoms with Crippen LogP contribution in [0.1, 0.15) is 23.6 Å². The largest absolute Gasteiger partial charge is 0.419 e. The molecule has 102 valence electrons. The van der Waals surface area contributed by atoms with Crippen LogP contribution in [0.25, 0.3) is 0 Å². The van der Waals surface area contributed by atoms with E-state index in [1.54, 1.807) is 0 Å². The van der Waals surface area contributed by atoms with Gasteiger partial charge in [-0.2, -0.15) is 26.3 Å². The smallest absolute Gasteiger partial charge is 0.324 e. The Morgan fingerprint density at radius 3 is 2.06 bits per heavy atom. The number of hydrogen-bond donors (Lipinski definition) is 1. The van der Waals surface area contributed by atoms with Crippen molar-refractivity contribution in [3.63, 3.8) is 0 Å². The molecule has 0 bridgehead atoms. The van der Waals surface area contributed by atoms with E-state index < -0.39 is 41.8 Å². The third kappa shape index (κ3) is 3.86. The average Bonchev–Trinajstić information content (AvgIpc) is 2.13. The van der Waals surface area contributed by atoms with E-state index in [4.69, 9.17) is 5.73 Å². The van der Waals surface area contributed by atoms with Gasteiger partial charge in [0.1, 0.15) is 5.82 Å². The van der Waals surface area contributed by atoms with Crippen LogP contribution in [0.5, 0.6) is 0 Å². The number of benzene rings is 1. The highest BCUT2D eigenvalue weighted by Gasteiger charge is 2.36. The molecule has 2 N–H and O–H groups in total. The summed E-state index contributed by atoms with van der Waals surface area (Å²) in [4.78, 5) is 0. The lowest BCUT2D eigenvalue weighted by Gasteiger charge is -2.16. The van der Waals surface area contributed by atoms with Crippen molar-refractivity contribution >= 4 is 0 Å². The molecular weight excluding hydrogens is 267 g/mol. The van der Waals surface area contributed by atoms with E-state index in [1.165, 1.54) is 0 Å². The molecule has 0 aromatic heterocycles. The summed E-state index contributed by atoms with van der Waals surface area (Å²) in [6.07, 6.45) is -11.1.